The number of aryl methyl sites for hydroxylation is 1. The van der Waals surface area contributed by atoms with E-state index < -0.39 is 0 Å². The number of H-pyrrole nitrogens is 1. The molecule has 1 aromatic rings. The molecule has 0 aliphatic heterocycles. The van der Waals surface area contributed by atoms with E-state index in [0.29, 0.717) is 6.54 Å². The third-order valence-corrected chi connectivity index (χ3v) is 2.56. The highest BCUT2D eigenvalue weighted by Gasteiger charge is 2.11. The van der Waals surface area contributed by atoms with Crippen molar-refractivity contribution in [3.05, 3.63) is 12.2 Å². The van der Waals surface area contributed by atoms with E-state index in [4.69, 9.17) is 5.73 Å². The standard InChI is InChI=1S/C11H21N5O/c1-2-3-5-9(12)11(17)13-7-4-6-10-14-8-15-16-10/h8-9H,2-7,12H2,1H3,(H,13,17)(H,14,15,16). The fourth-order valence-electron chi connectivity index (χ4n) is 1.50. The smallest absolute Gasteiger partial charge is 0.236 e. The second-order valence-electron chi connectivity index (χ2n) is 4.08. The van der Waals surface area contributed by atoms with E-state index in [9.17, 15) is 4.79 Å². The molecular weight excluding hydrogens is 218 g/mol. The maximum absolute atomic E-state index is 11.5. The summed E-state index contributed by atoms with van der Waals surface area (Å²) in [6.45, 7) is 2.71. The average Bonchev–Trinajstić information content (AvgIpc) is 2.84. The van der Waals surface area contributed by atoms with Gasteiger partial charge in [-0.15, -0.1) is 0 Å². The average molecular weight is 239 g/mol. The summed E-state index contributed by atoms with van der Waals surface area (Å²) in [5.74, 6) is 0.783. The lowest BCUT2D eigenvalue weighted by atomic mass is 10.1. The third-order valence-electron chi connectivity index (χ3n) is 2.56. The van der Waals surface area contributed by atoms with Gasteiger partial charge in [-0.05, 0) is 12.8 Å². The number of carbonyl (C=O) groups is 1. The minimum absolute atomic E-state index is 0.0592. The van der Waals surface area contributed by atoms with Crippen molar-refractivity contribution in [3.8, 4) is 0 Å². The van der Waals surface area contributed by atoms with Crippen molar-refractivity contribution in [3.63, 3.8) is 0 Å². The summed E-state index contributed by atoms with van der Waals surface area (Å²) in [5, 5.41) is 9.36. The van der Waals surface area contributed by atoms with Crippen LogP contribution in [0.1, 0.15) is 38.4 Å². The Morgan fingerprint density at radius 3 is 3.06 bits per heavy atom. The quantitative estimate of drug-likeness (QED) is 0.571. The highest BCUT2D eigenvalue weighted by atomic mass is 16.2. The van der Waals surface area contributed by atoms with Gasteiger partial charge < -0.3 is 11.1 Å². The molecule has 6 heteroatoms. The lowest BCUT2D eigenvalue weighted by Crippen LogP contribution is -2.40. The maximum Gasteiger partial charge on any atom is 0.236 e. The first-order chi connectivity index (χ1) is 8.24. The first kappa shape index (κ1) is 13.6. The molecule has 17 heavy (non-hydrogen) atoms. The van der Waals surface area contributed by atoms with E-state index in [1.165, 1.54) is 6.33 Å². The minimum Gasteiger partial charge on any atom is -0.355 e. The number of carbonyl (C=O) groups excluding carboxylic acids is 1. The van der Waals surface area contributed by atoms with Gasteiger partial charge in [-0.2, -0.15) is 5.10 Å². The van der Waals surface area contributed by atoms with Crippen LogP contribution in [0.5, 0.6) is 0 Å². The molecule has 0 fully saturated rings. The van der Waals surface area contributed by atoms with Crippen molar-refractivity contribution in [1.82, 2.24) is 20.5 Å². The molecule has 1 rings (SSSR count). The molecule has 0 aromatic carbocycles. The SMILES string of the molecule is CCCCC(N)C(=O)NCCCc1ncn[nH]1. The number of aromatic amines is 1. The van der Waals surface area contributed by atoms with Gasteiger partial charge >= 0.3 is 0 Å². The highest BCUT2D eigenvalue weighted by molar-refractivity contribution is 5.81. The van der Waals surface area contributed by atoms with Gasteiger partial charge in [0.05, 0.1) is 6.04 Å². The van der Waals surface area contributed by atoms with Crippen LogP contribution in [0.25, 0.3) is 0 Å². The van der Waals surface area contributed by atoms with Crippen molar-refractivity contribution in [2.45, 2.75) is 45.1 Å². The molecule has 1 atom stereocenters. The fraction of sp³-hybridized carbons (Fsp3) is 0.727. The Hall–Kier alpha value is -1.43. The van der Waals surface area contributed by atoms with E-state index >= 15 is 0 Å². The number of nitrogens with one attached hydrogen (secondary N) is 2. The minimum atomic E-state index is -0.375. The zero-order chi connectivity index (χ0) is 12.5. The molecule has 0 saturated carbocycles. The third kappa shape index (κ3) is 5.44. The number of rotatable bonds is 8. The fourth-order valence-corrected chi connectivity index (χ4v) is 1.50. The van der Waals surface area contributed by atoms with Gasteiger partial charge in [0.2, 0.25) is 5.91 Å². The molecule has 0 saturated heterocycles. The van der Waals surface area contributed by atoms with Crippen molar-refractivity contribution in [1.29, 1.82) is 0 Å². The number of nitrogens with two attached hydrogens (primary N) is 1. The molecule has 1 heterocycles. The van der Waals surface area contributed by atoms with Crippen LogP contribution >= 0.6 is 0 Å². The van der Waals surface area contributed by atoms with Crippen LogP contribution in [0.2, 0.25) is 0 Å². The van der Waals surface area contributed by atoms with E-state index in [1.54, 1.807) is 0 Å². The molecular formula is C11H21N5O. The number of nitrogens with zero attached hydrogens (tertiary/aromatic N) is 2. The predicted molar refractivity (Wildman–Crippen MR) is 65.2 cm³/mol. The van der Waals surface area contributed by atoms with E-state index in [-0.39, 0.29) is 11.9 Å². The second kappa shape index (κ2) is 7.78. The molecule has 0 radical (unpaired) electrons. The molecule has 6 nitrogen and oxygen atoms in total. The van der Waals surface area contributed by atoms with E-state index in [0.717, 1.165) is 37.9 Å². The van der Waals surface area contributed by atoms with Gasteiger partial charge in [0.1, 0.15) is 12.2 Å². The monoisotopic (exact) mass is 239 g/mol. The zero-order valence-electron chi connectivity index (χ0n) is 10.3. The molecule has 1 aromatic heterocycles. The summed E-state index contributed by atoms with van der Waals surface area (Å²) >= 11 is 0. The summed E-state index contributed by atoms with van der Waals surface area (Å²) in [7, 11) is 0. The van der Waals surface area contributed by atoms with Crippen LogP contribution in [0.15, 0.2) is 6.33 Å². The van der Waals surface area contributed by atoms with Crippen LogP contribution in [-0.2, 0) is 11.2 Å². The Kier molecular flexibility index (Phi) is 6.24. The number of hydrogen-bond acceptors (Lipinski definition) is 4. The first-order valence-corrected chi connectivity index (χ1v) is 6.11. The molecule has 1 amide bonds. The molecule has 0 spiro atoms. The van der Waals surface area contributed by atoms with E-state index in [1.807, 2.05) is 0 Å². The molecule has 1 unspecified atom stereocenters. The molecule has 0 aliphatic rings. The van der Waals surface area contributed by atoms with Crippen molar-refractivity contribution < 1.29 is 4.79 Å². The van der Waals surface area contributed by atoms with Crippen molar-refractivity contribution >= 4 is 5.91 Å². The van der Waals surface area contributed by atoms with Gasteiger partial charge in [-0.3, -0.25) is 9.89 Å². The Morgan fingerprint density at radius 1 is 1.59 bits per heavy atom. The zero-order valence-corrected chi connectivity index (χ0v) is 10.3. The van der Waals surface area contributed by atoms with Crippen LogP contribution in [0.3, 0.4) is 0 Å². The predicted octanol–water partition coefficient (Wildman–Crippen LogP) is 0.371. The number of hydrogen-bond donors (Lipinski definition) is 3. The Labute approximate surface area is 101 Å². The second-order valence-corrected chi connectivity index (χ2v) is 4.08. The number of unbranched alkanes of at least 4 members (excludes halogenated alkanes) is 1. The summed E-state index contributed by atoms with van der Waals surface area (Å²) in [6, 6.07) is -0.375. The van der Waals surface area contributed by atoms with Gasteiger partial charge in [0.15, 0.2) is 0 Å². The van der Waals surface area contributed by atoms with Crippen LogP contribution in [0, 0.1) is 0 Å². The Bertz CT molecular complexity index is 312. The van der Waals surface area contributed by atoms with Gasteiger partial charge in [0.25, 0.3) is 0 Å². The summed E-state index contributed by atoms with van der Waals surface area (Å²) in [6.07, 6.45) is 5.91. The normalized spacial score (nSPS) is 12.4. The largest absolute Gasteiger partial charge is 0.355 e. The van der Waals surface area contributed by atoms with Crippen LogP contribution in [-0.4, -0.2) is 33.7 Å². The number of aromatic nitrogens is 3. The van der Waals surface area contributed by atoms with Crippen molar-refractivity contribution in [2.75, 3.05) is 6.54 Å². The maximum atomic E-state index is 11.5. The summed E-state index contributed by atoms with van der Waals surface area (Å²) in [4.78, 5) is 15.5. The molecule has 0 aliphatic carbocycles. The summed E-state index contributed by atoms with van der Waals surface area (Å²) in [5.41, 5.74) is 5.74. The Balaban J connectivity index is 2.07. The lowest BCUT2D eigenvalue weighted by molar-refractivity contribution is -0.122. The summed E-state index contributed by atoms with van der Waals surface area (Å²) < 4.78 is 0. The van der Waals surface area contributed by atoms with Crippen molar-refractivity contribution in [2.24, 2.45) is 5.73 Å². The molecule has 4 N–H and O–H groups in total. The molecule has 0 bridgehead atoms. The number of amides is 1. The Morgan fingerprint density at radius 2 is 2.41 bits per heavy atom. The highest BCUT2D eigenvalue weighted by Crippen LogP contribution is 1.98. The molecule has 96 valence electrons. The van der Waals surface area contributed by atoms with Gasteiger partial charge in [-0.25, -0.2) is 4.98 Å². The van der Waals surface area contributed by atoms with Gasteiger partial charge in [0, 0.05) is 13.0 Å². The van der Waals surface area contributed by atoms with Gasteiger partial charge in [-0.1, -0.05) is 19.8 Å². The van der Waals surface area contributed by atoms with E-state index in [2.05, 4.69) is 27.4 Å². The van der Waals surface area contributed by atoms with Crippen LogP contribution < -0.4 is 11.1 Å². The lowest BCUT2D eigenvalue weighted by Gasteiger charge is -2.11. The van der Waals surface area contributed by atoms with Crippen LogP contribution in [0.4, 0.5) is 0 Å². The topological polar surface area (TPSA) is 96.7 Å². The first-order valence-electron chi connectivity index (χ1n) is 6.11.